The Hall–Kier alpha value is -0.0400. The van der Waals surface area contributed by atoms with Crippen molar-refractivity contribution < 1.29 is 4.74 Å². The summed E-state index contributed by atoms with van der Waals surface area (Å²) in [6.45, 7) is 9.58. The first-order valence-electron chi connectivity index (χ1n) is 7.08. The van der Waals surface area contributed by atoms with Gasteiger partial charge in [-0.25, -0.2) is 0 Å². The van der Waals surface area contributed by atoms with Gasteiger partial charge in [0.15, 0.2) is 0 Å². The van der Waals surface area contributed by atoms with Crippen LogP contribution in [0.1, 0.15) is 66.2 Å². The van der Waals surface area contributed by atoms with Gasteiger partial charge in [0.05, 0.1) is 11.2 Å². The van der Waals surface area contributed by atoms with Gasteiger partial charge in [-0.2, -0.15) is 0 Å². The lowest BCUT2D eigenvalue weighted by molar-refractivity contribution is -0.121. The lowest BCUT2D eigenvalue weighted by Gasteiger charge is -2.52. The van der Waals surface area contributed by atoms with Crippen LogP contribution in [0.4, 0.5) is 0 Å². The fraction of sp³-hybridized carbons (Fsp3) is 1.00. The van der Waals surface area contributed by atoms with E-state index < -0.39 is 0 Å². The third-order valence-corrected chi connectivity index (χ3v) is 5.88. The molecular formula is C15H26O. The first kappa shape index (κ1) is 11.1. The molecule has 3 aliphatic rings. The predicted octanol–water partition coefficient (Wildman–Crippen LogP) is 4.16. The van der Waals surface area contributed by atoms with Crippen LogP contribution in [0.3, 0.4) is 0 Å². The molecule has 0 N–H and O–H groups in total. The fourth-order valence-corrected chi connectivity index (χ4v) is 5.52. The van der Waals surface area contributed by atoms with E-state index in [2.05, 4.69) is 27.7 Å². The zero-order valence-corrected chi connectivity index (χ0v) is 11.3. The molecule has 1 heterocycles. The smallest absolute Gasteiger partial charge is 0.0698 e. The molecule has 0 unspecified atom stereocenters. The fourth-order valence-electron chi connectivity index (χ4n) is 5.52. The minimum atomic E-state index is 0.117. The Morgan fingerprint density at radius 1 is 0.938 bits per heavy atom. The maximum atomic E-state index is 6.52. The Morgan fingerprint density at radius 2 is 1.62 bits per heavy atom. The van der Waals surface area contributed by atoms with E-state index in [0.29, 0.717) is 5.41 Å². The molecule has 0 radical (unpaired) electrons. The van der Waals surface area contributed by atoms with Crippen molar-refractivity contribution in [1.82, 2.24) is 0 Å². The highest BCUT2D eigenvalue weighted by atomic mass is 16.5. The van der Waals surface area contributed by atoms with Gasteiger partial charge in [-0.1, -0.05) is 19.8 Å². The Bertz CT molecular complexity index is 305. The third-order valence-electron chi connectivity index (χ3n) is 5.88. The zero-order chi connectivity index (χ0) is 11.6. The van der Waals surface area contributed by atoms with Crippen molar-refractivity contribution in [1.29, 1.82) is 0 Å². The molecule has 1 aliphatic heterocycles. The van der Waals surface area contributed by atoms with Crippen molar-refractivity contribution in [3.05, 3.63) is 0 Å². The second-order valence-corrected chi connectivity index (χ2v) is 7.50. The van der Waals surface area contributed by atoms with E-state index in [1.165, 1.54) is 38.5 Å². The molecule has 0 spiro atoms. The molecule has 1 nitrogen and oxygen atoms in total. The highest BCUT2D eigenvalue weighted by Crippen LogP contribution is 2.64. The van der Waals surface area contributed by atoms with Crippen LogP contribution in [0.25, 0.3) is 0 Å². The van der Waals surface area contributed by atoms with E-state index in [0.717, 1.165) is 11.8 Å². The average Bonchev–Trinajstić information content (AvgIpc) is 2.35. The van der Waals surface area contributed by atoms with Crippen LogP contribution >= 0.6 is 0 Å². The summed E-state index contributed by atoms with van der Waals surface area (Å²) in [5.41, 5.74) is 0.872. The van der Waals surface area contributed by atoms with Gasteiger partial charge >= 0.3 is 0 Å². The Balaban J connectivity index is 2.05. The van der Waals surface area contributed by atoms with Crippen molar-refractivity contribution in [3.8, 4) is 0 Å². The number of hydrogen-bond donors (Lipinski definition) is 0. The average molecular weight is 222 g/mol. The van der Waals surface area contributed by atoms with Gasteiger partial charge in [0.25, 0.3) is 0 Å². The second-order valence-electron chi connectivity index (χ2n) is 7.50. The molecule has 0 aromatic carbocycles. The summed E-state index contributed by atoms with van der Waals surface area (Å²) < 4.78 is 6.52. The summed E-state index contributed by atoms with van der Waals surface area (Å²) in [7, 11) is 0. The van der Waals surface area contributed by atoms with E-state index in [9.17, 15) is 0 Å². The van der Waals surface area contributed by atoms with E-state index in [4.69, 9.17) is 4.74 Å². The summed E-state index contributed by atoms with van der Waals surface area (Å²) in [5.74, 6) is 1.62. The zero-order valence-electron chi connectivity index (χ0n) is 11.3. The molecule has 2 saturated carbocycles. The lowest BCUT2D eigenvalue weighted by atomic mass is 9.51. The molecule has 4 atom stereocenters. The van der Waals surface area contributed by atoms with Crippen LogP contribution in [-0.4, -0.2) is 11.2 Å². The van der Waals surface area contributed by atoms with Crippen LogP contribution in [0, 0.1) is 17.3 Å². The molecular weight excluding hydrogens is 196 g/mol. The van der Waals surface area contributed by atoms with Crippen LogP contribution in [-0.2, 0) is 4.74 Å². The largest absolute Gasteiger partial charge is 0.369 e. The molecule has 2 aliphatic carbocycles. The summed E-state index contributed by atoms with van der Waals surface area (Å²) >= 11 is 0. The quantitative estimate of drug-likeness (QED) is 0.598. The predicted molar refractivity (Wildman–Crippen MR) is 66.4 cm³/mol. The molecule has 0 aromatic rings. The molecule has 0 amide bonds. The van der Waals surface area contributed by atoms with E-state index in [1.807, 2.05) is 0 Å². The molecule has 1 heteroatoms. The highest BCUT2D eigenvalue weighted by molar-refractivity contribution is 5.12. The maximum Gasteiger partial charge on any atom is 0.0698 e. The minimum Gasteiger partial charge on any atom is -0.369 e. The Morgan fingerprint density at radius 3 is 2.38 bits per heavy atom. The van der Waals surface area contributed by atoms with Gasteiger partial charge < -0.3 is 4.74 Å². The lowest BCUT2D eigenvalue weighted by Crippen LogP contribution is -2.49. The van der Waals surface area contributed by atoms with E-state index >= 15 is 0 Å². The first-order valence-corrected chi connectivity index (χ1v) is 7.08. The molecule has 3 fully saturated rings. The van der Waals surface area contributed by atoms with Gasteiger partial charge in [0.2, 0.25) is 0 Å². The molecule has 0 bridgehead atoms. The molecule has 92 valence electrons. The van der Waals surface area contributed by atoms with Crippen molar-refractivity contribution in [2.45, 2.75) is 77.4 Å². The van der Waals surface area contributed by atoms with E-state index in [1.54, 1.807) is 0 Å². The second kappa shape index (κ2) is 3.04. The summed E-state index contributed by atoms with van der Waals surface area (Å²) in [5, 5.41) is 0. The minimum absolute atomic E-state index is 0.117. The first-order chi connectivity index (χ1) is 7.38. The normalized spacial score (nSPS) is 54.8. The van der Waals surface area contributed by atoms with Crippen LogP contribution < -0.4 is 0 Å². The topological polar surface area (TPSA) is 9.23 Å². The van der Waals surface area contributed by atoms with Crippen LogP contribution in [0.15, 0.2) is 0 Å². The van der Waals surface area contributed by atoms with Crippen molar-refractivity contribution in [2.75, 3.05) is 0 Å². The summed E-state index contributed by atoms with van der Waals surface area (Å²) in [6, 6.07) is 0. The maximum absolute atomic E-state index is 6.52. The monoisotopic (exact) mass is 222 g/mol. The van der Waals surface area contributed by atoms with Gasteiger partial charge in [-0.05, 0) is 63.7 Å². The SMILES string of the molecule is CC1(C)O[C@@]2(C)CCC[C@@]3(C)CCC[C@@H]1[C@@H]32. The summed E-state index contributed by atoms with van der Waals surface area (Å²) in [6.07, 6.45) is 8.33. The molecule has 0 aromatic heterocycles. The van der Waals surface area contributed by atoms with Crippen LogP contribution in [0.2, 0.25) is 0 Å². The van der Waals surface area contributed by atoms with Gasteiger partial charge in [-0.3, -0.25) is 0 Å². The van der Waals surface area contributed by atoms with Gasteiger partial charge in [0.1, 0.15) is 0 Å². The highest BCUT2D eigenvalue weighted by Gasteiger charge is 2.63. The Kier molecular flexibility index (Phi) is 2.11. The molecule has 16 heavy (non-hydrogen) atoms. The number of hydrogen-bond acceptors (Lipinski definition) is 1. The Labute approximate surface area is 99.9 Å². The van der Waals surface area contributed by atoms with Crippen molar-refractivity contribution >= 4 is 0 Å². The standard InChI is InChI=1S/C15H26O/c1-13(2)11-7-5-8-14(3)9-6-10-15(4,16-13)12(11)14/h11-12H,5-10H2,1-4H3/t11-,12+,14-,15+/m1/s1. The van der Waals surface area contributed by atoms with Crippen molar-refractivity contribution in [3.63, 3.8) is 0 Å². The molecule has 3 rings (SSSR count). The number of rotatable bonds is 0. The van der Waals surface area contributed by atoms with Gasteiger partial charge in [-0.15, -0.1) is 0 Å². The van der Waals surface area contributed by atoms with E-state index in [-0.39, 0.29) is 11.2 Å². The third kappa shape index (κ3) is 1.27. The molecule has 1 saturated heterocycles. The van der Waals surface area contributed by atoms with Gasteiger partial charge in [0, 0.05) is 0 Å². The van der Waals surface area contributed by atoms with Crippen molar-refractivity contribution in [2.24, 2.45) is 17.3 Å². The number of ether oxygens (including phenoxy) is 1. The van der Waals surface area contributed by atoms with Crippen LogP contribution in [0.5, 0.6) is 0 Å². The summed E-state index contributed by atoms with van der Waals surface area (Å²) in [4.78, 5) is 0.